The Morgan fingerprint density at radius 3 is 2.76 bits per heavy atom. The molecule has 0 atom stereocenters. The molecule has 3 N–H and O–H groups in total. The molecule has 0 aliphatic rings. The standard InChI is InChI=1S/C11H19N9O/c1-8(2)19(4-5-21-3)10-15-9(18-12)16-11(17-10)20-7-13-6-14-20/h6-8H,4-5,12H2,1-3H3,(H,15,16,17,18). The van der Waals surface area contributed by atoms with Crippen molar-refractivity contribution in [3.63, 3.8) is 0 Å². The van der Waals surface area contributed by atoms with Crippen LogP contribution in [-0.4, -0.2) is 56.0 Å². The van der Waals surface area contributed by atoms with Crippen LogP contribution in [0.15, 0.2) is 12.7 Å². The lowest BCUT2D eigenvalue weighted by molar-refractivity contribution is 0.203. The first-order valence-corrected chi connectivity index (χ1v) is 6.49. The number of ether oxygens (including phenoxy) is 1. The van der Waals surface area contributed by atoms with Gasteiger partial charge in [-0.05, 0) is 13.8 Å². The summed E-state index contributed by atoms with van der Waals surface area (Å²) in [5.74, 6) is 6.52. The van der Waals surface area contributed by atoms with Gasteiger partial charge in [0, 0.05) is 19.7 Å². The van der Waals surface area contributed by atoms with Gasteiger partial charge in [0.2, 0.25) is 11.9 Å². The van der Waals surface area contributed by atoms with E-state index in [-0.39, 0.29) is 12.0 Å². The molecule has 0 aromatic carbocycles. The lowest BCUT2D eigenvalue weighted by atomic mass is 10.3. The molecule has 0 fully saturated rings. The third kappa shape index (κ3) is 3.61. The smallest absolute Gasteiger partial charge is 0.258 e. The van der Waals surface area contributed by atoms with Gasteiger partial charge in [-0.1, -0.05) is 0 Å². The number of anilines is 2. The third-order valence-electron chi connectivity index (χ3n) is 2.78. The van der Waals surface area contributed by atoms with E-state index in [2.05, 4.69) is 30.5 Å². The quantitative estimate of drug-likeness (QED) is 0.518. The van der Waals surface area contributed by atoms with Crippen LogP contribution in [-0.2, 0) is 4.74 Å². The predicted molar refractivity (Wildman–Crippen MR) is 76.9 cm³/mol. The summed E-state index contributed by atoms with van der Waals surface area (Å²) < 4.78 is 6.57. The minimum Gasteiger partial charge on any atom is -0.383 e. The average Bonchev–Trinajstić information content (AvgIpc) is 3.01. The van der Waals surface area contributed by atoms with Crippen LogP contribution in [0, 0.1) is 0 Å². The van der Waals surface area contributed by atoms with Crippen LogP contribution in [0.1, 0.15) is 13.8 Å². The van der Waals surface area contributed by atoms with Crippen LogP contribution in [0.3, 0.4) is 0 Å². The van der Waals surface area contributed by atoms with Gasteiger partial charge in [-0.2, -0.15) is 24.7 Å². The van der Waals surface area contributed by atoms with Gasteiger partial charge in [0.05, 0.1) is 6.61 Å². The molecule has 2 aromatic rings. The van der Waals surface area contributed by atoms with E-state index in [1.807, 2.05) is 18.7 Å². The van der Waals surface area contributed by atoms with Crippen LogP contribution < -0.4 is 16.2 Å². The van der Waals surface area contributed by atoms with E-state index in [4.69, 9.17) is 10.6 Å². The van der Waals surface area contributed by atoms with Crippen LogP contribution in [0.5, 0.6) is 0 Å². The van der Waals surface area contributed by atoms with E-state index >= 15 is 0 Å². The van der Waals surface area contributed by atoms with Crippen molar-refractivity contribution in [3.05, 3.63) is 12.7 Å². The van der Waals surface area contributed by atoms with Crippen LogP contribution in [0.4, 0.5) is 11.9 Å². The molecule has 0 saturated carbocycles. The molecule has 10 heteroatoms. The maximum atomic E-state index is 5.43. The Bertz CT molecular complexity index is 557. The molecule has 0 aliphatic heterocycles. The van der Waals surface area contributed by atoms with E-state index < -0.39 is 0 Å². The van der Waals surface area contributed by atoms with Crippen molar-refractivity contribution < 1.29 is 4.74 Å². The van der Waals surface area contributed by atoms with Gasteiger partial charge in [-0.3, -0.25) is 5.43 Å². The molecule has 21 heavy (non-hydrogen) atoms. The highest BCUT2D eigenvalue weighted by molar-refractivity contribution is 5.40. The van der Waals surface area contributed by atoms with Crippen molar-refractivity contribution in [2.75, 3.05) is 30.6 Å². The summed E-state index contributed by atoms with van der Waals surface area (Å²) in [5.41, 5.74) is 2.44. The number of nitrogens with two attached hydrogens (primary N) is 1. The summed E-state index contributed by atoms with van der Waals surface area (Å²) in [7, 11) is 1.65. The van der Waals surface area contributed by atoms with E-state index in [9.17, 15) is 0 Å². The molecule has 10 nitrogen and oxygen atoms in total. The first-order chi connectivity index (χ1) is 10.2. The minimum absolute atomic E-state index is 0.191. The van der Waals surface area contributed by atoms with Gasteiger partial charge in [-0.15, -0.1) is 0 Å². The number of hydrogen-bond acceptors (Lipinski definition) is 9. The van der Waals surface area contributed by atoms with Crippen LogP contribution >= 0.6 is 0 Å². The molecule has 0 unspecified atom stereocenters. The summed E-state index contributed by atoms with van der Waals surface area (Å²) in [4.78, 5) is 18.7. The first-order valence-electron chi connectivity index (χ1n) is 6.49. The minimum atomic E-state index is 0.191. The van der Waals surface area contributed by atoms with E-state index in [1.165, 1.54) is 17.3 Å². The van der Waals surface area contributed by atoms with Crippen molar-refractivity contribution >= 4 is 11.9 Å². The fraction of sp³-hybridized carbons (Fsp3) is 0.545. The summed E-state index contributed by atoms with van der Waals surface area (Å²) in [5, 5.41) is 4.01. The Morgan fingerprint density at radius 1 is 1.38 bits per heavy atom. The molecule has 2 aromatic heterocycles. The van der Waals surface area contributed by atoms with E-state index in [1.54, 1.807) is 7.11 Å². The lowest BCUT2D eigenvalue weighted by Gasteiger charge is -2.26. The Labute approximate surface area is 122 Å². The van der Waals surface area contributed by atoms with Crippen molar-refractivity contribution in [2.24, 2.45) is 5.84 Å². The molecular formula is C11H19N9O. The second kappa shape index (κ2) is 6.90. The van der Waals surface area contributed by atoms with Crippen molar-refractivity contribution in [3.8, 4) is 5.95 Å². The van der Waals surface area contributed by atoms with Crippen molar-refractivity contribution in [1.82, 2.24) is 29.7 Å². The molecular weight excluding hydrogens is 274 g/mol. The second-order valence-corrected chi connectivity index (χ2v) is 4.52. The normalized spacial score (nSPS) is 10.9. The zero-order chi connectivity index (χ0) is 15.2. The molecule has 114 valence electrons. The molecule has 0 amide bonds. The highest BCUT2D eigenvalue weighted by atomic mass is 16.5. The summed E-state index contributed by atoms with van der Waals surface area (Å²) in [6.07, 6.45) is 2.92. The van der Waals surface area contributed by atoms with Crippen molar-refractivity contribution in [2.45, 2.75) is 19.9 Å². The molecule has 0 spiro atoms. The van der Waals surface area contributed by atoms with Gasteiger partial charge >= 0.3 is 0 Å². The molecule has 0 saturated heterocycles. The molecule has 0 bridgehead atoms. The topological polar surface area (TPSA) is 120 Å². The Kier molecular flexibility index (Phi) is 4.95. The molecule has 0 aliphatic carbocycles. The monoisotopic (exact) mass is 293 g/mol. The van der Waals surface area contributed by atoms with E-state index in [0.717, 1.165) is 0 Å². The molecule has 0 radical (unpaired) electrons. The van der Waals surface area contributed by atoms with Crippen molar-refractivity contribution in [1.29, 1.82) is 0 Å². The maximum Gasteiger partial charge on any atom is 0.258 e. The summed E-state index contributed by atoms with van der Waals surface area (Å²) in [6, 6.07) is 0.191. The summed E-state index contributed by atoms with van der Waals surface area (Å²) in [6.45, 7) is 5.31. The average molecular weight is 293 g/mol. The SMILES string of the molecule is COCCN(c1nc(NN)nc(-n2cncn2)n1)C(C)C. The number of nitrogens with one attached hydrogen (secondary N) is 1. The fourth-order valence-corrected chi connectivity index (χ4v) is 1.74. The Hall–Kier alpha value is -2.33. The maximum absolute atomic E-state index is 5.43. The van der Waals surface area contributed by atoms with Gasteiger partial charge in [0.25, 0.3) is 5.95 Å². The lowest BCUT2D eigenvalue weighted by Crippen LogP contribution is -2.36. The number of aromatic nitrogens is 6. The van der Waals surface area contributed by atoms with Gasteiger partial charge in [0.1, 0.15) is 12.7 Å². The number of nitrogen functional groups attached to an aromatic ring is 1. The third-order valence-corrected chi connectivity index (χ3v) is 2.78. The molecule has 2 rings (SSSR count). The largest absolute Gasteiger partial charge is 0.383 e. The van der Waals surface area contributed by atoms with Gasteiger partial charge < -0.3 is 9.64 Å². The Morgan fingerprint density at radius 2 is 2.19 bits per heavy atom. The highest BCUT2D eigenvalue weighted by Gasteiger charge is 2.17. The number of methoxy groups -OCH3 is 1. The predicted octanol–water partition coefficient (Wildman–Crippen LogP) is -0.401. The fourth-order valence-electron chi connectivity index (χ4n) is 1.74. The van der Waals surface area contributed by atoms with E-state index in [0.29, 0.717) is 25.0 Å². The second-order valence-electron chi connectivity index (χ2n) is 4.52. The highest BCUT2D eigenvalue weighted by Crippen LogP contribution is 2.14. The summed E-state index contributed by atoms with van der Waals surface area (Å²) >= 11 is 0. The first kappa shape index (κ1) is 15.1. The number of hydrazine groups is 1. The van der Waals surface area contributed by atoms with Gasteiger partial charge in [0.15, 0.2) is 0 Å². The zero-order valence-corrected chi connectivity index (χ0v) is 12.3. The van der Waals surface area contributed by atoms with Crippen LogP contribution in [0.25, 0.3) is 5.95 Å². The number of nitrogens with zero attached hydrogens (tertiary/aromatic N) is 7. The molecule has 2 heterocycles. The van der Waals surface area contributed by atoms with Gasteiger partial charge in [-0.25, -0.2) is 10.8 Å². The zero-order valence-electron chi connectivity index (χ0n) is 12.3. The Balaban J connectivity index is 2.39. The number of hydrogen-bond donors (Lipinski definition) is 2. The number of rotatable bonds is 7. The van der Waals surface area contributed by atoms with Crippen LogP contribution in [0.2, 0.25) is 0 Å².